The van der Waals surface area contributed by atoms with Crippen LogP contribution in [0.5, 0.6) is 0 Å². The molecule has 5 aromatic carbocycles. The predicted octanol–water partition coefficient (Wildman–Crippen LogP) is 8.13. The van der Waals surface area contributed by atoms with Crippen LogP contribution in [0.3, 0.4) is 0 Å². The minimum absolute atomic E-state index is 0.862. The summed E-state index contributed by atoms with van der Waals surface area (Å²) in [4.78, 5) is 0. The molecule has 4 heteroatoms. The van der Waals surface area contributed by atoms with E-state index in [0.29, 0.717) is 0 Å². The molecule has 0 N–H and O–H groups in total. The zero-order chi connectivity index (χ0) is 22.6. The quantitative estimate of drug-likeness (QED) is 0.162. The van der Waals surface area contributed by atoms with Gasteiger partial charge in [-0.1, -0.05) is 78.9 Å². The Bertz CT molecular complexity index is 1870. The van der Waals surface area contributed by atoms with Gasteiger partial charge in [0.15, 0.2) is 11.5 Å². The van der Waals surface area contributed by atoms with Crippen molar-refractivity contribution in [2.75, 3.05) is 0 Å². The van der Waals surface area contributed by atoms with Crippen LogP contribution in [-0.4, -0.2) is 14.6 Å². The molecule has 3 nitrogen and oxygen atoms in total. The van der Waals surface area contributed by atoms with Gasteiger partial charge in [-0.25, -0.2) is 0 Å². The zero-order valence-corrected chi connectivity index (χ0v) is 20.3. The molecular weight excluding hydrogens is 529 g/mol. The van der Waals surface area contributed by atoms with E-state index in [1.165, 1.54) is 36.2 Å². The van der Waals surface area contributed by atoms with Crippen LogP contribution in [0.1, 0.15) is 0 Å². The van der Waals surface area contributed by atoms with Gasteiger partial charge < -0.3 is 0 Å². The van der Waals surface area contributed by atoms with Crippen molar-refractivity contribution < 1.29 is 0 Å². The van der Waals surface area contributed by atoms with E-state index in [1.54, 1.807) is 0 Å². The first kappa shape index (κ1) is 19.7. The highest BCUT2D eigenvalue weighted by Gasteiger charge is 2.16. The van der Waals surface area contributed by atoms with E-state index in [1.807, 2.05) is 0 Å². The minimum Gasteiger partial charge on any atom is -0.274 e. The first-order chi connectivity index (χ1) is 16.8. The maximum absolute atomic E-state index is 4.62. The molecule has 0 unspecified atom stereocenters. The lowest BCUT2D eigenvalue weighted by Crippen LogP contribution is -1.95. The van der Waals surface area contributed by atoms with Gasteiger partial charge in [-0.15, -0.1) is 10.2 Å². The summed E-state index contributed by atoms with van der Waals surface area (Å²) in [7, 11) is 0. The third-order valence-corrected chi connectivity index (χ3v) is 7.26. The van der Waals surface area contributed by atoms with Gasteiger partial charge in [-0.3, -0.25) is 4.40 Å². The van der Waals surface area contributed by atoms with Crippen molar-refractivity contribution in [2.45, 2.75) is 0 Å². The summed E-state index contributed by atoms with van der Waals surface area (Å²) in [5.41, 5.74) is 5.47. The monoisotopic (exact) mass is 547 g/mol. The number of halogens is 1. The predicted molar refractivity (Wildman–Crippen MR) is 149 cm³/mol. The zero-order valence-electron chi connectivity index (χ0n) is 18.1. The second-order valence-corrected chi connectivity index (χ2v) is 9.77. The molecule has 0 radical (unpaired) electrons. The highest BCUT2D eigenvalue weighted by molar-refractivity contribution is 14.1. The normalized spacial score (nSPS) is 11.7. The summed E-state index contributed by atoms with van der Waals surface area (Å²) in [6.45, 7) is 0. The lowest BCUT2D eigenvalue weighted by Gasteiger charge is -2.12. The maximum Gasteiger partial charge on any atom is 0.169 e. The molecule has 2 heterocycles. The second-order valence-electron chi connectivity index (χ2n) is 8.53. The Hall–Kier alpha value is -3.77. The molecule has 0 aliphatic rings. The fourth-order valence-corrected chi connectivity index (χ4v) is 5.24. The van der Waals surface area contributed by atoms with Crippen LogP contribution < -0.4 is 0 Å². The van der Waals surface area contributed by atoms with Crippen molar-refractivity contribution in [2.24, 2.45) is 0 Å². The van der Waals surface area contributed by atoms with Crippen LogP contribution in [-0.2, 0) is 0 Å². The Morgan fingerprint density at radius 2 is 1.21 bits per heavy atom. The van der Waals surface area contributed by atoms with E-state index in [2.05, 4.69) is 146 Å². The van der Waals surface area contributed by atoms with Gasteiger partial charge in [0, 0.05) is 19.9 Å². The lowest BCUT2D eigenvalue weighted by atomic mass is 9.98. The number of pyridine rings is 1. The van der Waals surface area contributed by atoms with Gasteiger partial charge in [0.05, 0.1) is 5.52 Å². The van der Waals surface area contributed by atoms with Crippen molar-refractivity contribution in [3.63, 3.8) is 0 Å². The maximum atomic E-state index is 4.62. The van der Waals surface area contributed by atoms with Crippen molar-refractivity contribution in [1.29, 1.82) is 0 Å². The highest BCUT2D eigenvalue weighted by Crippen LogP contribution is 2.35. The van der Waals surface area contributed by atoms with Gasteiger partial charge in [0.2, 0.25) is 0 Å². The average molecular weight is 547 g/mol. The minimum atomic E-state index is 0.862. The van der Waals surface area contributed by atoms with Crippen LogP contribution in [0.2, 0.25) is 0 Å². The highest BCUT2D eigenvalue weighted by atomic mass is 127. The molecule has 0 aliphatic carbocycles. The summed E-state index contributed by atoms with van der Waals surface area (Å²) >= 11 is 2.33. The van der Waals surface area contributed by atoms with E-state index < -0.39 is 0 Å². The number of aromatic nitrogens is 3. The summed E-state index contributed by atoms with van der Waals surface area (Å²) in [5, 5.41) is 15.2. The third kappa shape index (κ3) is 3.02. The molecule has 0 atom stereocenters. The number of hydrogen-bond donors (Lipinski definition) is 0. The van der Waals surface area contributed by atoms with Crippen LogP contribution in [0, 0.1) is 3.57 Å². The Balaban J connectivity index is 1.54. The molecule has 0 saturated heterocycles. The Morgan fingerprint density at radius 3 is 2.06 bits per heavy atom. The van der Waals surface area contributed by atoms with Crippen molar-refractivity contribution in [3.05, 3.63) is 113 Å². The number of hydrogen-bond acceptors (Lipinski definition) is 2. The second kappa shape index (κ2) is 7.64. The van der Waals surface area contributed by atoms with Gasteiger partial charge in [0.1, 0.15) is 0 Å². The number of rotatable bonds is 2. The van der Waals surface area contributed by atoms with E-state index in [4.69, 9.17) is 0 Å². The molecule has 2 aromatic heterocycles. The molecule has 0 spiro atoms. The average Bonchev–Trinajstić information content (AvgIpc) is 3.34. The Kier molecular flexibility index (Phi) is 4.42. The summed E-state index contributed by atoms with van der Waals surface area (Å²) in [6, 6.07) is 38.8. The van der Waals surface area contributed by atoms with Gasteiger partial charge in [0.25, 0.3) is 0 Å². The molecule has 34 heavy (non-hydrogen) atoms. The molecule has 7 rings (SSSR count). The standard InChI is InChI=1S/C30H18IN3/c31-24-14-11-20(12-15-24)29-32-33-30-26-8-4-3-7-25(26)27-18-23(13-16-28(27)34(29)30)22-10-9-19-5-1-2-6-21(19)17-22/h1-18H. The first-order valence-electron chi connectivity index (χ1n) is 11.2. The topological polar surface area (TPSA) is 30.2 Å². The number of benzene rings is 5. The Morgan fingerprint density at radius 1 is 0.529 bits per heavy atom. The molecule has 0 fully saturated rings. The lowest BCUT2D eigenvalue weighted by molar-refractivity contribution is 1.12. The van der Waals surface area contributed by atoms with Crippen LogP contribution >= 0.6 is 22.6 Å². The molecule has 0 amide bonds. The van der Waals surface area contributed by atoms with Gasteiger partial charge in [-0.05, 0) is 80.2 Å². The summed E-state index contributed by atoms with van der Waals surface area (Å²) in [6.07, 6.45) is 0. The van der Waals surface area contributed by atoms with Crippen LogP contribution in [0.25, 0.3) is 60.6 Å². The number of fused-ring (bicyclic) bond motifs is 7. The fourth-order valence-electron chi connectivity index (χ4n) is 4.88. The molecule has 160 valence electrons. The third-order valence-electron chi connectivity index (χ3n) is 6.54. The van der Waals surface area contributed by atoms with E-state index in [9.17, 15) is 0 Å². The largest absolute Gasteiger partial charge is 0.274 e. The van der Waals surface area contributed by atoms with Crippen LogP contribution in [0.4, 0.5) is 0 Å². The molecule has 0 aliphatic heterocycles. The summed E-state index contributed by atoms with van der Waals surface area (Å²) in [5.74, 6) is 0.862. The SMILES string of the molecule is Ic1ccc(-c2nnc3c4ccccc4c4cc(-c5ccc6ccccc6c5)ccc4n23)cc1. The smallest absolute Gasteiger partial charge is 0.169 e. The molecular formula is C30H18IN3. The van der Waals surface area contributed by atoms with Gasteiger partial charge >= 0.3 is 0 Å². The molecule has 0 saturated carbocycles. The van der Waals surface area contributed by atoms with Crippen molar-refractivity contribution >= 4 is 60.7 Å². The summed E-state index contributed by atoms with van der Waals surface area (Å²) < 4.78 is 3.40. The van der Waals surface area contributed by atoms with Gasteiger partial charge in [-0.2, -0.15) is 0 Å². The van der Waals surface area contributed by atoms with Crippen LogP contribution in [0.15, 0.2) is 109 Å². The van der Waals surface area contributed by atoms with E-state index in [0.717, 1.165) is 27.9 Å². The molecule has 7 aromatic rings. The first-order valence-corrected chi connectivity index (χ1v) is 12.3. The van der Waals surface area contributed by atoms with Crippen molar-refractivity contribution in [1.82, 2.24) is 14.6 Å². The number of nitrogens with zero attached hydrogens (tertiary/aromatic N) is 3. The Labute approximate surface area is 209 Å². The van der Waals surface area contributed by atoms with Crippen molar-refractivity contribution in [3.8, 4) is 22.5 Å². The fraction of sp³-hybridized carbons (Fsp3) is 0. The van der Waals surface area contributed by atoms with E-state index in [-0.39, 0.29) is 0 Å². The molecule has 0 bridgehead atoms. The van der Waals surface area contributed by atoms with E-state index >= 15 is 0 Å².